The Labute approximate surface area is 148 Å². The van der Waals surface area contributed by atoms with Crippen molar-refractivity contribution >= 4 is 17.7 Å². The maximum Gasteiger partial charge on any atom is 0.191 e. The van der Waals surface area contributed by atoms with Gasteiger partial charge in [-0.05, 0) is 42.0 Å². The number of guanidine groups is 1. The number of nitrogens with one attached hydrogen (secondary N) is 2. The van der Waals surface area contributed by atoms with Gasteiger partial charge in [-0.15, -0.1) is 0 Å². The summed E-state index contributed by atoms with van der Waals surface area (Å²) in [5.74, 6) is 2.08. The van der Waals surface area contributed by atoms with E-state index < -0.39 is 0 Å². The topological polar surface area (TPSA) is 54.2 Å². The van der Waals surface area contributed by atoms with E-state index in [1.54, 1.807) is 6.20 Å². The number of aromatic nitrogens is 2. The SMILES string of the molecule is CN=C(NCCCCSC)NCc1cccc(Cn2cccn2)c1. The monoisotopic (exact) mass is 345 g/mol. The van der Waals surface area contributed by atoms with E-state index in [9.17, 15) is 0 Å². The first kappa shape index (κ1) is 18.4. The fraction of sp³-hybridized carbons (Fsp3) is 0.444. The molecule has 0 bridgehead atoms. The predicted octanol–water partition coefficient (Wildman–Crippen LogP) is 2.74. The van der Waals surface area contributed by atoms with Gasteiger partial charge < -0.3 is 10.6 Å². The minimum Gasteiger partial charge on any atom is -0.356 e. The maximum atomic E-state index is 4.28. The maximum absolute atomic E-state index is 4.28. The van der Waals surface area contributed by atoms with Crippen molar-refractivity contribution in [3.63, 3.8) is 0 Å². The average molecular weight is 346 g/mol. The lowest BCUT2D eigenvalue weighted by atomic mass is 10.1. The quantitative estimate of drug-likeness (QED) is 0.417. The average Bonchev–Trinajstić information content (AvgIpc) is 3.11. The van der Waals surface area contributed by atoms with E-state index in [0.717, 1.165) is 25.6 Å². The molecule has 2 rings (SSSR count). The molecule has 0 aliphatic heterocycles. The molecule has 2 aromatic rings. The molecule has 0 aliphatic carbocycles. The summed E-state index contributed by atoms with van der Waals surface area (Å²) in [6.45, 7) is 2.51. The molecule has 130 valence electrons. The van der Waals surface area contributed by atoms with Crippen molar-refractivity contribution in [2.24, 2.45) is 4.99 Å². The van der Waals surface area contributed by atoms with Crippen molar-refractivity contribution in [3.8, 4) is 0 Å². The van der Waals surface area contributed by atoms with E-state index in [2.05, 4.69) is 51.2 Å². The summed E-state index contributed by atoms with van der Waals surface area (Å²) < 4.78 is 1.93. The molecule has 1 aromatic carbocycles. The summed E-state index contributed by atoms with van der Waals surface area (Å²) in [5.41, 5.74) is 2.49. The first-order valence-corrected chi connectivity index (χ1v) is 9.70. The molecule has 0 spiro atoms. The highest BCUT2D eigenvalue weighted by molar-refractivity contribution is 7.98. The summed E-state index contributed by atoms with van der Waals surface area (Å²) >= 11 is 1.90. The van der Waals surface area contributed by atoms with Crippen molar-refractivity contribution in [3.05, 3.63) is 53.9 Å². The van der Waals surface area contributed by atoms with Gasteiger partial charge >= 0.3 is 0 Å². The molecule has 6 heteroatoms. The minimum atomic E-state index is 0.761. The molecule has 1 heterocycles. The molecule has 2 N–H and O–H groups in total. The van der Waals surface area contributed by atoms with Crippen molar-refractivity contribution in [2.75, 3.05) is 25.6 Å². The normalized spacial score (nSPS) is 11.5. The molecule has 24 heavy (non-hydrogen) atoms. The van der Waals surface area contributed by atoms with Gasteiger partial charge in [-0.25, -0.2) is 0 Å². The number of aliphatic imine (C=N–C) groups is 1. The van der Waals surface area contributed by atoms with Gasteiger partial charge in [-0.2, -0.15) is 16.9 Å². The molecule has 0 radical (unpaired) electrons. The van der Waals surface area contributed by atoms with Gasteiger partial charge in [0.1, 0.15) is 0 Å². The highest BCUT2D eigenvalue weighted by Gasteiger charge is 2.00. The lowest BCUT2D eigenvalue weighted by Gasteiger charge is -2.12. The van der Waals surface area contributed by atoms with Crippen LogP contribution in [0.3, 0.4) is 0 Å². The van der Waals surface area contributed by atoms with Crippen LogP contribution in [0.25, 0.3) is 0 Å². The Morgan fingerprint density at radius 2 is 2.08 bits per heavy atom. The van der Waals surface area contributed by atoms with Crippen LogP contribution in [0.1, 0.15) is 24.0 Å². The number of hydrogen-bond donors (Lipinski definition) is 2. The minimum absolute atomic E-state index is 0.761. The third kappa shape index (κ3) is 6.66. The first-order chi connectivity index (χ1) is 11.8. The summed E-state index contributed by atoms with van der Waals surface area (Å²) in [4.78, 5) is 4.28. The van der Waals surface area contributed by atoms with Gasteiger partial charge in [0, 0.05) is 32.5 Å². The second kappa shape index (κ2) is 10.8. The number of hydrogen-bond acceptors (Lipinski definition) is 3. The summed E-state index contributed by atoms with van der Waals surface area (Å²) in [5, 5.41) is 11.0. The zero-order valence-electron chi connectivity index (χ0n) is 14.5. The smallest absolute Gasteiger partial charge is 0.191 e. The van der Waals surface area contributed by atoms with E-state index in [1.165, 1.54) is 29.7 Å². The van der Waals surface area contributed by atoms with Crippen molar-refractivity contribution in [1.82, 2.24) is 20.4 Å². The molecule has 0 saturated heterocycles. The second-order valence-electron chi connectivity index (χ2n) is 5.58. The third-order valence-corrected chi connectivity index (χ3v) is 4.34. The Bertz CT molecular complexity index is 610. The van der Waals surface area contributed by atoms with Gasteiger partial charge in [-0.3, -0.25) is 9.67 Å². The van der Waals surface area contributed by atoms with Crippen LogP contribution in [0.2, 0.25) is 0 Å². The zero-order valence-corrected chi connectivity index (χ0v) is 15.4. The molecule has 0 atom stereocenters. The number of nitrogens with zero attached hydrogens (tertiary/aromatic N) is 3. The number of rotatable bonds is 9. The van der Waals surface area contributed by atoms with Crippen LogP contribution in [0.5, 0.6) is 0 Å². The van der Waals surface area contributed by atoms with Gasteiger partial charge in [0.25, 0.3) is 0 Å². The molecular weight excluding hydrogens is 318 g/mol. The molecule has 1 aromatic heterocycles. The second-order valence-corrected chi connectivity index (χ2v) is 6.56. The largest absolute Gasteiger partial charge is 0.356 e. The Morgan fingerprint density at radius 1 is 1.21 bits per heavy atom. The van der Waals surface area contributed by atoms with Gasteiger partial charge in [0.15, 0.2) is 5.96 Å². The highest BCUT2D eigenvalue weighted by Crippen LogP contribution is 2.07. The summed E-state index contributed by atoms with van der Waals surface area (Å²) in [7, 11) is 1.81. The van der Waals surface area contributed by atoms with E-state index in [4.69, 9.17) is 0 Å². The van der Waals surface area contributed by atoms with Crippen LogP contribution in [0.4, 0.5) is 0 Å². The van der Waals surface area contributed by atoms with Gasteiger partial charge in [0.05, 0.1) is 6.54 Å². The predicted molar refractivity (Wildman–Crippen MR) is 104 cm³/mol. The molecular formula is C18H27N5S. The Balaban J connectivity index is 1.78. The van der Waals surface area contributed by atoms with Crippen LogP contribution in [0, 0.1) is 0 Å². The molecule has 0 amide bonds. The van der Waals surface area contributed by atoms with Crippen molar-refractivity contribution in [2.45, 2.75) is 25.9 Å². The fourth-order valence-electron chi connectivity index (χ4n) is 2.40. The van der Waals surface area contributed by atoms with Crippen molar-refractivity contribution < 1.29 is 0 Å². The standard InChI is InChI=1S/C18H27N5S/c1-19-18(20-9-3-4-12-24-2)21-14-16-7-5-8-17(13-16)15-23-11-6-10-22-23/h5-8,10-11,13H,3-4,9,12,14-15H2,1-2H3,(H2,19,20,21). The van der Waals surface area contributed by atoms with Gasteiger partial charge in [-0.1, -0.05) is 24.3 Å². The van der Waals surface area contributed by atoms with Crippen molar-refractivity contribution in [1.29, 1.82) is 0 Å². The number of benzene rings is 1. The van der Waals surface area contributed by atoms with E-state index in [1.807, 2.05) is 35.8 Å². The van der Waals surface area contributed by atoms with Crippen LogP contribution >= 0.6 is 11.8 Å². The zero-order chi connectivity index (χ0) is 17.0. The lowest BCUT2D eigenvalue weighted by molar-refractivity contribution is 0.685. The van der Waals surface area contributed by atoms with Crippen LogP contribution in [-0.2, 0) is 13.1 Å². The van der Waals surface area contributed by atoms with Crippen LogP contribution < -0.4 is 10.6 Å². The number of unbranched alkanes of at least 4 members (excludes halogenated alkanes) is 1. The number of thioether (sulfide) groups is 1. The first-order valence-electron chi connectivity index (χ1n) is 8.30. The Morgan fingerprint density at radius 3 is 2.83 bits per heavy atom. The van der Waals surface area contributed by atoms with E-state index in [-0.39, 0.29) is 0 Å². The molecule has 0 fully saturated rings. The Kier molecular flexibility index (Phi) is 8.24. The Hall–Kier alpha value is -1.95. The summed E-state index contributed by atoms with van der Waals surface area (Å²) in [6.07, 6.45) is 8.34. The molecule has 0 saturated carbocycles. The van der Waals surface area contributed by atoms with E-state index >= 15 is 0 Å². The molecule has 5 nitrogen and oxygen atoms in total. The molecule has 0 unspecified atom stereocenters. The lowest BCUT2D eigenvalue weighted by Crippen LogP contribution is -2.37. The van der Waals surface area contributed by atoms with Crippen LogP contribution in [-0.4, -0.2) is 41.3 Å². The summed E-state index contributed by atoms with van der Waals surface area (Å²) in [6, 6.07) is 10.5. The van der Waals surface area contributed by atoms with E-state index in [0.29, 0.717) is 0 Å². The molecule has 0 aliphatic rings. The highest BCUT2D eigenvalue weighted by atomic mass is 32.2. The van der Waals surface area contributed by atoms with Gasteiger partial charge in [0.2, 0.25) is 0 Å². The van der Waals surface area contributed by atoms with Crippen LogP contribution in [0.15, 0.2) is 47.7 Å². The third-order valence-electron chi connectivity index (χ3n) is 3.65. The fourth-order valence-corrected chi connectivity index (χ4v) is 2.90.